The molecule has 0 radical (unpaired) electrons. The highest BCUT2D eigenvalue weighted by molar-refractivity contribution is 7.07. The molecule has 55 heavy (non-hydrogen) atoms. The lowest BCUT2D eigenvalue weighted by atomic mass is 10.0. The number of methoxy groups -OCH3 is 1. The molecule has 3 amide bonds. The molecule has 0 aliphatic carbocycles. The van der Waals surface area contributed by atoms with E-state index < -0.39 is 12.1 Å². The number of aromatic nitrogens is 6. The number of alkyl carbamates (subject to hydrolysis) is 1. The van der Waals surface area contributed by atoms with Crippen LogP contribution in [0.25, 0.3) is 33.6 Å². The largest absolute Gasteiger partial charge is 0.453 e. The summed E-state index contributed by atoms with van der Waals surface area (Å²) in [6, 6.07) is 15.6. The van der Waals surface area contributed by atoms with Gasteiger partial charge in [-0.1, -0.05) is 48.5 Å². The summed E-state index contributed by atoms with van der Waals surface area (Å²) >= 11 is 3.00. The number of benzene rings is 2. The van der Waals surface area contributed by atoms with Crippen LogP contribution in [0.1, 0.15) is 67.2 Å². The van der Waals surface area contributed by atoms with Crippen molar-refractivity contribution in [3.63, 3.8) is 0 Å². The Hall–Kier alpha value is -5.67. The lowest BCUT2D eigenvalue weighted by Crippen LogP contribution is -2.49. The van der Waals surface area contributed by atoms with E-state index in [9.17, 15) is 14.4 Å². The quantitative estimate of drug-likeness (QED) is 0.120. The number of thiazole rings is 2. The molecule has 13 nitrogen and oxygen atoms in total. The zero-order valence-corrected chi connectivity index (χ0v) is 31.9. The smallest absolute Gasteiger partial charge is 0.407 e. The van der Waals surface area contributed by atoms with Crippen LogP contribution in [-0.4, -0.2) is 83.9 Å². The Morgan fingerprint density at radius 2 is 1.29 bits per heavy atom. The van der Waals surface area contributed by atoms with Gasteiger partial charge in [-0.2, -0.15) is 0 Å². The fourth-order valence-corrected chi connectivity index (χ4v) is 8.71. The standard InChI is InChI=1S/C40H41N9O4S2/c1-53-40(52)47-31(18-30-22-55-24-44-30)39(51)49-17-3-5-35(49)38-42-20-33(46-38)28-12-8-26(9-13-28)25-6-10-27(11-7-25)32-19-41-37(45-32)34-4-2-16-48(34)36(50)15-14-29-21-54-23-43-29/h6-13,19-24,31,34-35H,2-5,14-18H2,1H3,(H,41,45)(H,42,46)(H,47,52)/t31-,34-,35-/m0/s1. The summed E-state index contributed by atoms with van der Waals surface area (Å²) in [6.45, 7) is 1.32. The number of carbonyl (C=O) groups is 3. The van der Waals surface area contributed by atoms with E-state index in [0.717, 1.165) is 83.1 Å². The summed E-state index contributed by atoms with van der Waals surface area (Å²) < 4.78 is 4.80. The van der Waals surface area contributed by atoms with Crippen LogP contribution < -0.4 is 5.32 Å². The lowest BCUT2D eigenvalue weighted by molar-refractivity contribution is -0.134. The van der Waals surface area contributed by atoms with E-state index in [4.69, 9.17) is 14.7 Å². The van der Waals surface area contributed by atoms with Crippen molar-refractivity contribution >= 4 is 40.6 Å². The molecule has 282 valence electrons. The number of carbonyl (C=O) groups excluding carboxylic acids is 3. The molecular formula is C40H41N9O4S2. The first kappa shape index (κ1) is 36.3. The summed E-state index contributed by atoms with van der Waals surface area (Å²) in [4.78, 5) is 67.7. The van der Waals surface area contributed by atoms with Crippen LogP contribution in [0.5, 0.6) is 0 Å². The first-order valence-corrected chi connectivity index (χ1v) is 20.3. The average molecular weight is 776 g/mol. The number of likely N-dealkylation sites (tertiary alicyclic amines) is 2. The van der Waals surface area contributed by atoms with E-state index >= 15 is 0 Å². The number of H-pyrrole nitrogens is 2. The second-order valence-electron chi connectivity index (χ2n) is 13.8. The molecule has 0 unspecified atom stereocenters. The van der Waals surface area contributed by atoms with E-state index in [-0.39, 0.29) is 30.3 Å². The number of nitrogens with zero attached hydrogens (tertiary/aromatic N) is 6. The monoisotopic (exact) mass is 775 g/mol. The van der Waals surface area contributed by atoms with Crippen molar-refractivity contribution in [3.05, 3.63) is 106 Å². The fraction of sp³-hybridized carbons (Fsp3) is 0.325. The third-order valence-corrected chi connectivity index (χ3v) is 11.7. The number of aryl methyl sites for hydroxylation is 1. The Labute approximate surface area is 326 Å². The zero-order chi connectivity index (χ0) is 37.7. The molecule has 2 aliphatic heterocycles. The van der Waals surface area contributed by atoms with E-state index in [1.54, 1.807) is 27.3 Å². The highest BCUT2D eigenvalue weighted by Gasteiger charge is 2.37. The summed E-state index contributed by atoms with van der Waals surface area (Å²) in [6.07, 6.45) is 7.86. The Bertz CT molecular complexity index is 2220. The van der Waals surface area contributed by atoms with Gasteiger partial charge in [0.05, 0.1) is 65.4 Å². The molecule has 2 aromatic carbocycles. The highest BCUT2D eigenvalue weighted by Crippen LogP contribution is 2.35. The summed E-state index contributed by atoms with van der Waals surface area (Å²) in [7, 11) is 1.28. The lowest BCUT2D eigenvalue weighted by Gasteiger charge is -2.28. The van der Waals surface area contributed by atoms with Crippen LogP contribution in [0.2, 0.25) is 0 Å². The molecule has 6 heterocycles. The minimum atomic E-state index is -0.798. The number of nitrogens with one attached hydrogen (secondary N) is 3. The average Bonchev–Trinajstić information content (AvgIpc) is 4.07. The summed E-state index contributed by atoms with van der Waals surface area (Å²) in [5, 5.41) is 6.58. The van der Waals surface area contributed by atoms with Crippen LogP contribution in [-0.2, 0) is 27.2 Å². The summed E-state index contributed by atoms with van der Waals surface area (Å²) in [5.41, 5.74) is 11.2. The number of imidazole rings is 2. The third-order valence-electron chi connectivity index (χ3n) is 10.4. The van der Waals surface area contributed by atoms with Gasteiger partial charge in [-0.15, -0.1) is 22.7 Å². The molecule has 3 atom stereocenters. The Kier molecular flexibility index (Phi) is 10.8. The second-order valence-corrected chi connectivity index (χ2v) is 15.2. The van der Waals surface area contributed by atoms with Crippen LogP contribution in [0, 0.1) is 0 Å². The number of hydrogen-bond acceptors (Lipinski definition) is 10. The van der Waals surface area contributed by atoms with Crippen LogP contribution in [0.3, 0.4) is 0 Å². The van der Waals surface area contributed by atoms with Crippen molar-refractivity contribution in [1.29, 1.82) is 0 Å². The minimum Gasteiger partial charge on any atom is -0.453 e. The summed E-state index contributed by atoms with van der Waals surface area (Å²) in [5.74, 6) is 1.50. The molecule has 0 bridgehead atoms. The van der Waals surface area contributed by atoms with Crippen molar-refractivity contribution in [2.24, 2.45) is 0 Å². The molecule has 2 saturated heterocycles. The van der Waals surface area contributed by atoms with Gasteiger partial charge >= 0.3 is 6.09 Å². The van der Waals surface area contributed by atoms with Crippen molar-refractivity contribution in [3.8, 4) is 33.6 Å². The number of rotatable bonds is 12. The molecule has 3 N–H and O–H groups in total. The van der Waals surface area contributed by atoms with Crippen LogP contribution >= 0.6 is 22.7 Å². The molecule has 15 heteroatoms. The number of aromatic amines is 2. The van der Waals surface area contributed by atoms with Gasteiger partial charge in [-0.05, 0) is 54.4 Å². The number of ether oxygens (including phenoxy) is 1. The maximum absolute atomic E-state index is 13.8. The van der Waals surface area contributed by atoms with Gasteiger partial charge in [0.25, 0.3) is 0 Å². The predicted octanol–water partition coefficient (Wildman–Crippen LogP) is 6.97. The van der Waals surface area contributed by atoms with Crippen molar-refractivity contribution in [2.75, 3.05) is 20.2 Å². The normalized spacial score (nSPS) is 17.4. The van der Waals surface area contributed by atoms with Crippen LogP contribution in [0.15, 0.2) is 82.7 Å². The maximum Gasteiger partial charge on any atom is 0.407 e. The van der Waals surface area contributed by atoms with Crippen molar-refractivity contribution in [2.45, 2.75) is 63.1 Å². The Balaban J connectivity index is 0.904. The molecule has 4 aromatic heterocycles. The van der Waals surface area contributed by atoms with E-state index in [1.807, 2.05) is 28.1 Å². The van der Waals surface area contributed by atoms with Gasteiger partial charge in [-0.3, -0.25) is 9.59 Å². The number of amides is 3. The van der Waals surface area contributed by atoms with Gasteiger partial charge in [0.2, 0.25) is 11.8 Å². The van der Waals surface area contributed by atoms with E-state index in [0.29, 0.717) is 25.2 Å². The molecule has 0 spiro atoms. The Morgan fingerprint density at radius 1 is 0.764 bits per heavy atom. The first-order valence-electron chi connectivity index (χ1n) is 18.4. The number of hydrogen-bond donors (Lipinski definition) is 3. The highest BCUT2D eigenvalue weighted by atomic mass is 32.1. The van der Waals surface area contributed by atoms with Gasteiger partial charge in [0, 0.05) is 36.7 Å². The van der Waals surface area contributed by atoms with Gasteiger partial charge in [0.15, 0.2) is 0 Å². The van der Waals surface area contributed by atoms with Gasteiger partial charge in [0.1, 0.15) is 17.7 Å². The van der Waals surface area contributed by atoms with E-state index in [1.165, 1.54) is 18.4 Å². The predicted molar refractivity (Wildman–Crippen MR) is 210 cm³/mol. The second kappa shape index (κ2) is 16.4. The minimum absolute atomic E-state index is 0.0398. The first-order chi connectivity index (χ1) is 26.9. The van der Waals surface area contributed by atoms with Crippen molar-refractivity contribution in [1.82, 2.24) is 45.0 Å². The molecule has 2 aliphatic rings. The molecule has 8 rings (SSSR count). The zero-order valence-electron chi connectivity index (χ0n) is 30.3. The Morgan fingerprint density at radius 3 is 1.84 bits per heavy atom. The van der Waals surface area contributed by atoms with Crippen molar-refractivity contribution < 1.29 is 19.1 Å². The van der Waals surface area contributed by atoms with Crippen LogP contribution in [0.4, 0.5) is 4.79 Å². The SMILES string of the molecule is COC(=O)N[C@@H](Cc1cscn1)C(=O)N1CCC[C@H]1c1ncc(-c2ccc(-c3ccc(-c4cnc([C@@H]5CCCN5C(=O)CCc5cscn5)[nH]4)cc3)cc2)[nH]1. The van der Waals surface area contributed by atoms with Gasteiger partial charge < -0.3 is 29.8 Å². The van der Waals surface area contributed by atoms with Gasteiger partial charge in [-0.25, -0.2) is 24.7 Å². The molecule has 6 aromatic rings. The van der Waals surface area contributed by atoms with E-state index in [2.05, 4.69) is 73.8 Å². The maximum atomic E-state index is 13.8. The molecule has 0 saturated carbocycles. The topological polar surface area (TPSA) is 162 Å². The third kappa shape index (κ3) is 8.08. The molecular weight excluding hydrogens is 735 g/mol. The molecule has 2 fully saturated rings. The fourth-order valence-electron chi connectivity index (χ4n) is 7.54.